The highest BCUT2D eigenvalue weighted by atomic mass is 79.9. The molecular weight excluding hydrogens is 303 g/mol. The van der Waals surface area contributed by atoms with E-state index in [-0.39, 0.29) is 11.2 Å². The van der Waals surface area contributed by atoms with Gasteiger partial charge in [-0.3, -0.25) is 0 Å². The second-order valence-electron chi connectivity index (χ2n) is 6.72. The highest BCUT2D eigenvalue weighted by Crippen LogP contribution is 2.45. The minimum atomic E-state index is -0.135. The van der Waals surface area contributed by atoms with Crippen LogP contribution < -0.4 is 0 Å². The van der Waals surface area contributed by atoms with Crippen LogP contribution in [0.3, 0.4) is 0 Å². The zero-order valence-corrected chi connectivity index (χ0v) is 13.9. The monoisotopic (exact) mass is 326 g/mol. The van der Waals surface area contributed by atoms with E-state index >= 15 is 0 Å². The van der Waals surface area contributed by atoms with E-state index in [0.29, 0.717) is 10.7 Å². The van der Waals surface area contributed by atoms with Gasteiger partial charge in [0.05, 0.1) is 0 Å². The Bertz CT molecular complexity index is 453. The lowest BCUT2D eigenvalue weighted by atomic mass is 9.65. The van der Waals surface area contributed by atoms with Crippen LogP contribution in [0.2, 0.25) is 0 Å². The molecule has 3 atom stereocenters. The van der Waals surface area contributed by atoms with Crippen LogP contribution in [0.5, 0.6) is 0 Å². The molecule has 1 aromatic carbocycles. The summed E-state index contributed by atoms with van der Waals surface area (Å²) in [5.74, 6) is 1.29. The van der Waals surface area contributed by atoms with Crippen molar-refractivity contribution < 1.29 is 4.39 Å². The molecule has 0 radical (unpaired) electrons. The van der Waals surface area contributed by atoms with Gasteiger partial charge in [-0.05, 0) is 60.3 Å². The predicted molar refractivity (Wildman–Crippen MR) is 83.4 cm³/mol. The summed E-state index contributed by atoms with van der Waals surface area (Å²) in [6.07, 6.45) is 3.80. The third kappa shape index (κ3) is 3.04. The first-order valence-corrected chi connectivity index (χ1v) is 8.14. The third-order valence-electron chi connectivity index (χ3n) is 4.84. The van der Waals surface area contributed by atoms with E-state index < -0.39 is 0 Å². The van der Waals surface area contributed by atoms with Crippen molar-refractivity contribution in [3.8, 4) is 0 Å². The summed E-state index contributed by atoms with van der Waals surface area (Å²) in [4.78, 5) is 0.565. The summed E-state index contributed by atoms with van der Waals surface area (Å²) in [5.41, 5.74) is 2.45. The number of rotatable bonds is 2. The summed E-state index contributed by atoms with van der Waals surface area (Å²) in [7, 11) is 0. The molecule has 0 bridgehead atoms. The number of aryl methyl sites for hydroxylation is 1. The summed E-state index contributed by atoms with van der Waals surface area (Å²) in [6, 6.07) is 5.23. The zero-order valence-electron chi connectivity index (χ0n) is 12.3. The number of hydrogen-bond donors (Lipinski definition) is 0. The van der Waals surface area contributed by atoms with Gasteiger partial charge in [0.1, 0.15) is 5.82 Å². The molecule has 1 fully saturated rings. The molecule has 1 saturated carbocycles. The van der Waals surface area contributed by atoms with Crippen molar-refractivity contribution in [2.45, 2.75) is 57.2 Å². The zero-order chi connectivity index (χ0) is 14.2. The lowest BCUT2D eigenvalue weighted by Gasteiger charge is -2.43. The largest absolute Gasteiger partial charge is 0.207 e. The number of halogens is 2. The quantitative estimate of drug-likeness (QED) is 0.619. The Balaban J connectivity index is 2.30. The van der Waals surface area contributed by atoms with Crippen LogP contribution in [-0.2, 0) is 5.41 Å². The fraction of sp³-hybridized carbons (Fsp3) is 0.647. The fourth-order valence-electron chi connectivity index (χ4n) is 3.67. The van der Waals surface area contributed by atoms with E-state index in [1.165, 1.54) is 24.8 Å². The van der Waals surface area contributed by atoms with Crippen molar-refractivity contribution in [1.82, 2.24) is 0 Å². The molecule has 19 heavy (non-hydrogen) atoms. The molecule has 0 amide bonds. The maximum atomic E-state index is 13.3. The lowest BCUT2D eigenvalue weighted by molar-refractivity contribution is 0.213. The van der Waals surface area contributed by atoms with Gasteiger partial charge in [0, 0.05) is 4.83 Å². The molecule has 0 heterocycles. The van der Waals surface area contributed by atoms with E-state index in [9.17, 15) is 4.39 Å². The molecule has 0 aliphatic heterocycles. The van der Waals surface area contributed by atoms with Gasteiger partial charge in [0.25, 0.3) is 0 Å². The molecule has 0 N–H and O–H groups in total. The molecule has 0 saturated heterocycles. The molecule has 1 aliphatic rings. The Morgan fingerprint density at radius 1 is 1.26 bits per heavy atom. The van der Waals surface area contributed by atoms with Crippen molar-refractivity contribution >= 4 is 15.9 Å². The van der Waals surface area contributed by atoms with E-state index in [2.05, 4.69) is 36.7 Å². The van der Waals surface area contributed by atoms with Gasteiger partial charge in [-0.15, -0.1) is 0 Å². The SMILES string of the molecule is Cc1cc(F)ccc1C(C)(C)C1CCC(C)CC1Br. The molecule has 0 nitrogen and oxygen atoms in total. The smallest absolute Gasteiger partial charge is 0.123 e. The number of hydrogen-bond acceptors (Lipinski definition) is 0. The van der Waals surface area contributed by atoms with Crippen LogP contribution in [0.25, 0.3) is 0 Å². The first kappa shape index (κ1) is 15.0. The topological polar surface area (TPSA) is 0 Å². The first-order valence-electron chi connectivity index (χ1n) is 7.23. The molecule has 106 valence electrons. The molecule has 1 aromatic rings. The Hall–Kier alpha value is -0.370. The van der Waals surface area contributed by atoms with E-state index in [0.717, 1.165) is 11.5 Å². The van der Waals surface area contributed by atoms with Gasteiger partial charge in [-0.25, -0.2) is 4.39 Å². The van der Waals surface area contributed by atoms with Gasteiger partial charge in [0.2, 0.25) is 0 Å². The summed E-state index contributed by atoms with van der Waals surface area (Å²) >= 11 is 3.89. The maximum absolute atomic E-state index is 13.3. The van der Waals surface area contributed by atoms with Gasteiger partial charge in [0.15, 0.2) is 0 Å². The van der Waals surface area contributed by atoms with Crippen molar-refractivity contribution in [3.05, 3.63) is 35.1 Å². The summed E-state index contributed by atoms with van der Waals surface area (Å²) < 4.78 is 13.3. The van der Waals surface area contributed by atoms with Crippen LogP contribution >= 0.6 is 15.9 Å². The van der Waals surface area contributed by atoms with Gasteiger partial charge >= 0.3 is 0 Å². The average molecular weight is 327 g/mol. The van der Waals surface area contributed by atoms with Crippen LogP contribution in [0.4, 0.5) is 4.39 Å². The van der Waals surface area contributed by atoms with Crippen LogP contribution in [-0.4, -0.2) is 4.83 Å². The van der Waals surface area contributed by atoms with Gasteiger partial charge in [-0.2, -0.15) is 0 Å². The van der Waals surface area contributed by atoms with Crippen LogP contribution in [0.15, 0.2) is 18.2 Å². The Morgan fingerprint density at radius 3 is 2.53 bits per heavy atom. The second kappa shape index (κ2) is 5.55. The molecule has 0 spiro atoms. The molecule has 2 heteroatoms. The summed E-state index contributed by atoms with van der Waals surface area (Å²) in [5, 5.41) is 0. The fourth-order valence-corrected chi connectivity index (χ4v) is 5.24. The summed E-state index contributed by atoms with van der Waals surface area (Å²) in [6.45, 7) is 8.97. The van der Waals surface area contributed by atoms with Crippen LogP contribution in [0.1, 0.15) is 51.2 Å². The molecule has 0 aromatic heterocycles. The average Bonchev–Trinajstić information content (AvgIpc) is 2.27. The number of benzene rings is 1. The Kier molecular flexibility index (Phi) is 4.39. The first-order chi connectivity index (χ1) is 8.82. The second-order valence-corrected chi connectivity index (χ2v) is 7.90. The maximum Gasteiger partial charge on any atom is 0.123 e. The molecule has 2 rings (SSSR count). The van der Waals surface area contributed by atoms with E-state index in [1.54, 1.807) is 12.1 Å². The highest BCUT2D eigenvalue weighted by Gasteiger charge is 2.39. The van der Waals surface area contributed by atoms with Crippen molar-refractivity contribution in [1.29, 1.82) is 0 Å². The van der Waals surface area contributed by atoms with E-state index in [1.807, 2.05) is 13.0 Å². The van der Waals surface area contributed by atoms with Crippen molar-refractivity contribution in [2.24, 2.45) is 11.8 Å². The molecular formula is C17H24BrF. The minimum Gasteiger partial charge on any atom is -0.207 e. The Labute approximate surface area is 124 Å². The number of alkyl halides is 1. The van der Waals surface area contributed by atoms with Crippen molar-refractivity contribution in [3.63, 3.8) is 0 Å². The van der Waals surface area contributed by atoms with Gasteiger partial charge < -0.3 is 0 Å². The normalized spacial score (nSPS) is 28.4. The van der Waals surface area contributed by atoms with Crippen molar-refractivity contribution in [2.75, 3.05) is 0 Å². The lowest BCUT2D eigenvalue weighted by Crippen LogP contribution is -2.39. The van der Waals surface area contributed by atoms with Gasteiger partial charge in [-0.1, -0.05) is 49.2 Å². The van der Waals surface area contributed by atoms with E-state index in [4.69, 9.17) is 0 Å². The standard InChI is InChI=1S/C17H24BrF/c1-11-5-7-15(16(18)9-11)17(3,4)14-8-6-13(19)10-12(14)2/h6,8,10-11,15-16H,5,7,9H2,1-4H3. The van der Waals surface area contributed by atoms with Crippen LogP contribution in [0, 0.1) is 24.6 Å². The molecule has 1 aliphatic carbocycles. The predicted octanol–water partition coefficient (Wildman–Crippen LogP) is 5.61. The minimum absolute atomic E-state index is 0.0894. The highest BCUT2D eigenvalue weighted by molar-refractivity contribution is 9.09. The molecule has 3 unspecified atom stereocenters. The third-order valence-corrected chi connectivity index (χ3v) is 5.86. The Morgan fingerprint density at radius 2 is 1.95 bits per heavy atom.